The van der Waals surface area contributed by atoms with E-state index in [2.05, 4.69) is 4.74 Å². The molecule has 0 aliphatic carbocycles. The summed E-state index contributed by atoms with van der Waals surface area (Å²) in [5.41, 5.74) is 5.62. The van der Waals surface area contributed by atoms with Crippen LogP contribution in [0.3, 0.4) is 0 Å². The number of benzene rings is 1. The Bertz CT molecular complexity index is 457. The van der Waals surface area contributed by atoms with Crippen molar-refractivity contribution < 1.29 is 18.7 Å². The summed E-state index contributed by atoms with van der Waals surface area (Å²) in [6.07, 6.45) is 0.114. The lowest BCUT2D eigenvalue weighted by atomic mass is 10.0. The number of halogens is 1. The molecule has 1 rings (SSSR count). The number of esters is 1. The predicted octanol–water partition coefficient (Wildman–Crippen LogP) is 1.45. The van der Waals surface area contributed by atoms with E-state index >= 15 is 0 Å². The molecule has 0 unspecified atom stereocenters. The summed E-state index contributed by atoms with van der Waals surface area (Å²) < 4.78 is 18.1. The lowest BCUT2D eigenvalue weighted by Crippen LogP contribution is -2.12. The Morgan fingerprint density at radius 2 is 2.06 bits per heavy atom. The zero-order valence-electron chi connectivity index (χ0n) is 9.75. The first-order chi connectivity index (χ1) is 8.01. The summed E-state index contributed by atoms with van der Waals surface area (Å²) in [5, 5.41) is 0. The van der Waals surface area contributed by atoms with Gasteiger partial charge in [0.05, 0.1) is 12.7 Å². The van der Waals surface area contributed by atoms with Gasteiger partial charge in [-0.05, 0) is 31.2 Å². The Labute approximate surface area is 98.6 Å². The summed E-state index contributed by atoms with van der Waals surface area (Å²) in [7, 11) is 1.20. The molecule has 0 atom stereocenters. The topological polar surface area (TPSA) is 69.4 Å². The van der Waals surface area contributed by atoms with Gasteiger partial charge in [-0.2, -0.15) is 0 Å². The van der Waals surface area contributed by atoms with Crippen LogP contribution in [0.25, 0.3) is 0 Å². The van der Waals surface area contributed by atoms with Crippen molar-refractivity contribution >= 4 is 11.8 Å². The maximum Gasteiger partial charge on any atom is 0.338 e. The van der Waals surface area contributed by atoms with Gasteiger partial charge in [0.2, 0.25) is 0 Å². The van der Waals surface area contributed by atoms with Crippen molar-refractivity contribution in [3.63, 3.8) is 0 Å². The molecule has 0 heterocycles. The highest BCUT2D eigenvalue weighted by Gasteiger charge is 2.17. The highest BCUT2D eigenvalue weighted by molar-refractivity contribution is 5.99. The van der Waals surface area contributed by atoms with E-state index < -0.39 is 11.8 Å². The summed E-state index contributed by atoms with van der Waals surface area (Å²) in [6, 6.07) is 2.45. The lowest BCUT2D eigenvalue weighted by molar-refractivity contribution is 0.0599. The first kappa shape index (κ1) is 13.3. The Kier molecular flexibility index (Phi) is 4.34. The Hall–Kier alpha value is -1.75. The smallest absolute Gasteiger partial charge is 0.338 e. The molecule has 0 spiro atoms. The Morgan fingerprint density at radius 3 is 2.59 bits per heavy atom. The van der Waals surface area contributed by atoms with E-state index in [0.29, 0.717) is 0 Å². The van der Waals surface area contributed by atoms with Gasteiger partial charge < -0.3 is 10.5 Å². The van der Waals surface area contributed by atoms with E-state index in [4.69, 9.17) is 5.73 Å². The highest BCUT2D eigenvalue weighted by Crippen LogP contribution is 2.17. The molecule has 2 N–H and O–H groups in total. The average Bonchev–Trinajstić information content (AvgIpc) is 2.31. The summed E-state index contributed by atoms with van der Waals surface area (Å²) >= 11 is 0. The van der Waals surface area contributed by atoms with Crippen molar-refractivity contribution in [2.24, 2.45) is 5.73 Å². The molecule has 5 heteroatoms. The van der Waals surface area contributed by atoms with Crippen LogP contribution in [-0.2, 0) is 4.74 Å². The van der Waals surface area contributed by atoms with Gasteiger partial charge in [-0.15, -0.1) is 0 Å². The number of carbonyl (C=O) groups is 2. The van der Waals surface area contributed by atoms with E-state index in [-0.39, 0.29) is 35.4 Å². The van der Waals surface area contributed by atoms with Crippen molar-refractivity contribution in [2.45, 2.75) is 13.3 Å². The molecule has 0 saturated heterocycles. The van der Waals surface area contributed by atoms with Crippen molar-refractivity contribution in [1.29, 1.82) is 0 Å². The van der Waals surface area contributed by atoms with Crippen molar-refractivity contribution in [2.75, 3.05) is 13.7 Å². The Morgan fingerprint density at radius 1 is 1.41 bits per heavy atom. The van der Waals surface area contributed by atoms with Gasteiger partial charge in [0.15, 0.2) is 5.78 Å². The third kappa shape index (κ3) is 2.88. The van der Waals surface area contributed by atoms with Gasteiger partial charge in [-0.25, -0.2) is 9.18 Å². The standard InChI is InChI=1S/C12H14FNO3/c1-7-9(12(16)17-2)5-8(6-10(7)13)11(15)3-4-14/h5-6H,3-4,14H2,1-2H3. The lowest BCUT2D eigenvalue weighted by Gasteiger charge is -2.07. The third-order valence-corrected chi connectivity index (χ3v) is 2.44. The van der Waals surface area contributed by atoms with Crippen LogP contribution in [0.15, 0.2) is 12.1 Å². The van der Waals surface area contributed by atoms with E-state index in [1.165, 1.54) is 20.1 Å². The summed E-state index contributed by atoms with van der Waals surface area (Å²) in [5.74, 6) is -1.56. The minimum atomic E-state index is -0.663. The molecule has 0 fully saturated rings. The van der Waals surface area contributed by atoms with Gasteiger partial charge in [0, 0.05) is 12.0 Å². The normalized spacial score (nSPS) is 10.1. The van der Waals surface area contributed by atoms with E-state index in [0.717, 1.165) is 6.07 Å². The monoisotopic (exact) mass is 239 g/mol. The zero-order valence-corrected chi connectivity index (χ0v) is 9.75. The SMILES string of the molecule is COC(=O)c1cc(C(=O)CCN)cc(F)c1C. The minimum Gasteiger partial charge on any atom is -0.465 e. The van der Waals surface area contributed by atoms with Crippen LogP contribution in [0.4, 0.5) is 4.39 Å². The van der Waals surface area contributed by atoms with Crippen molar-refractivity contribution in [3.8, 4) is 0 Å². The predicted molar refractivity (Wildman–Crippen MR) is 60.5 cm³/mol. The molecular weight excluding hydrogens is 225 g/mol. The fourth-order valence-electron chi connectivity index (χ4n) is 1.44. The molecular formula is C12H14FNO3. The van der Waals surface area contributed by atoms with Crippen LogP contribution >= 0.6 is 0 Å². The maximum absolute atomic E-state index is 13.5. The van der Waals surface area contributed by atoms with Crippen molar-refractivity contribution in [1.82, 2.24) is 0 Å². The first-order valence-electron chi connectivity index (χ1n) is 5.13. The molecule has 1 aromatic rings. The first-order valence-corrected chi connectivity index (χ1v) is 5.13. The van der Waals surface area contributed by atoms with Gasteiger partial charge in [0.25, 0.3) is 0 Å². The fraction of sp³-hybridized carbons (Fsp3) is 0.333. The molecule has 0 bridgehead atoms. The highest BCUT2D eigenvalue weighted by atomic mass is 19.1. The number of nitrogens with two attached hydrogens (primary N) is 1. The molecule has 0 saturated carbocycles. The van der Waals surface area contributed by atoms with Gasteiger partial charge in [-0.3, -0.25) is 4.79 Å². The number of ether oxygens (including phenoxy) is 1. The largest absolute Gasteiger partial charge is 0.465 e. The summed E-state index contributed by atoms with van der Waals surface area (Å²) in [6.45, 7) is 1.64. The number of methoxy groups -OCH3 is 1. The third-order valence-electron chi connectivity index (χ3n) is 2.44. The van der Waals surface area contributed by atoms with Crippen LogP contribution in [-0.4, -0.2) is 25.4 Å². The summed E-state index contributed by atoms with van der Waals surface area (Å²) in [4.78, 5) is 23.0. The van der Waals surface area contributed by atoms with Crippen LogP contribution in [0.1, 0.15) is 32.7 Å². The maximum atomic E-state index is 13.5. The van der Waals surface area contributed by atoms with Crippen LogP contribution < -0.4 is 5.73 Å². The average molecular weight is 239 g/mol. The number of hydrogen-bond donors (Lipinski definition) is 1. The number of rotatable bonds is 4. The van der Waals surface area contributed by atoms with Gasteiger partial charge in [-0.1, -0.05) is 0 Å². The number of hydrogen-bond acceptors (Lipinski definition) is 4. The molecule has 92 valence electrons. The number of Topliss-reactive ketones (excluding diaryl/α,β-unsaturated/α-hetero) is 1. The molecule has 4 nitrogen and oxygen atoms in total. The van der Waals surface area contributed by atoms with Gasteiger partial charge >= 0.3 is 5.97 Å². The second-order valence-corrected chi connectivity index (χ2v) is 3.58. The zero-order chi connectivity index (χ0) is 13.0. The molecule has 17 heavy (non-hydrogen) atoms. The van der Waals surface area contributed by atoms with E-state index in [1.54, 1.807) is 0 Å². The van der Waals surface area contributed by atoms with Gasteiger partial charge in [0.1, 0.15) is 5.82 Å². The molecule has 0 aliphatic rings. The van der Waals surface area contributed by atoms with E-state index in [9.17, 15) is 14.0 Å². The van der Waals surface area contributed by atoms with Crippen LogP contribution in [0, 0.1) is 12.7 Å². The molecule has 0 aliphatic heterocycles. The van der Waals surface area contributed by atoms with E-state index in [1.807, 2.05) is 0 Å². The molecule has 0 amide bonds. The second-order valence-electron chi connectivity index (χ2n) is 3.58. The molecule has 0 aromatic heterocycles. The minimum absolute atomic E-state index is 0.0628. The fourth-order valence-corrected chi connectivity index (χ4v) is 1.44. The number of ketones is 1. The molecule has 1 aromatic carbocycles. The van der Waals surface area contributed by atoms with Crippen molar-refractivity contribution in [3.05, 3.63) is 34.6 Å². The second kappa shape index (κ2) is 5.54. The van der Waals surface area contributed by atoms with Crippen LogP contribution in [0.2, 0.25) is 0 Å². The van der Waals surface area contributed by atoms with Crippen LogP contribution in [0.5, 0.6) is 0 Å². The molecule has 0 radical (unpaired) electrons. The number of carbonyl (C=O) groups excluding carboxylic acids is 2. The quantitative estimate of drug-likeness (QED) is 0.637. The Balaban J connectivity index is 3.23.